The van der Waals surface area contributed by atoms with Gasteiger partial charge in [0.1, 0.15) is 0 Å². The van der Waals surface area contributed by atoms with Gasteiger partial charge in [-0.15, -0.1) is 0 Å². The van der Waals surface area contributed by atoms with Crippen LogP contribution in [0.2, 0.25) is 0 Å². The summed E-state index contributed by atoms with van der Waals surface area (Å²) in [5, 5.41) is 18.1. The minimum atomic E-state index is -1.46. The van der Waals surface area contributed by atoms with E-state index in [4.69, 9.17) is 25.4 Å². The number of amides is 2. The monoisotopic (exact) mass is 268 g/mol. The molecule has 2 rings (SSSR count). The predicted molar refractivity (Wildman–Crippen MR) is 63.1 cm³/mol. The van der Waals surface area contributed by atoms with Gasteiger partial charge in [0.2, 0.25) is 6.79 Å². The Morgan fingerprint density at radius 2 is 2.05 bits per heavy atom. The highest BCUT2D eigenvalue weighted by molar-refractivity contribution is 5.97. The van der Waals surface area contributed by atoms with Crippen molar-refractivity contribution in [2.45, 2.75) is 6.04 Å². The number of carbonyl (C=O) groups excluding carboxylic acids is 1. The highest BCUT2D eigenvalue weighted by Gasteiger charge is 2.30. The first-order valence-electron chi connectivity index (χ1n) is 5.36. The van der Waals surface area contributed by atoms with Gasteiger partial charge in [-0.1, -0.05) is 0 Å². The molecule has 2 amide bonds. The van der Waals surface area contributed by atoms with E-state index in [1.165, 1.54) is 18.2 Å². The molecule has 19 heavy (non-hydrogen) atoms. The quantitative estimate of drug-likeness (QED) is 0.691. The van der Waals surface area contributed by atoms with Crippen LogP contribution in [0.5, 0.6) is 11.5 Å². The van der Waals surface area contributed by atoms with Crippen LogP contribution in [0.3, 0.4) is 0 Å². The normalized spacial score (nSPS) is 13.9. The Morgan fingerprint density at radius 3 is 2.63 bits per heavy atom. The van der Waals surface area contributed by atoms with Gasteiger partial charge in [0.25, 0.3) is 0 Å². The Morgan fingerprint density at radius 1 is 1.37 bits per heavy atom. The van der Waals surface area contributed by atoms with E-state index in [0.717, 1.165) is 4.90 Å². The van der Waals surface area contributed by atoms with Crippen molar-refractivity contribution in [2.75, 3.05) is 18.3 Å². The summed E-state index contributed by atoms with van der Waals surface area (Å²) in [6, 6.07) is 1.98. The van der Waals surface area contributed by atoms with Crippen LogP contribution in [0.1, 0.15) is 0 Å². The summed E-state index contributed by atoms with van der Waals surface area (Å²) < 4.78 is 10.2. The number of aliphatic hydroxyl groups is 1. The number of carbonyl (C=O) groups is 2. The molecule has 0 aliphatic carbocycles. The number of aliphatic hydroxyl groups excluding tert-OH is 1. The number of hydrogen-bond donors (Lipinski definition) is 3. The number of rotatable bonds is 4. The van der Waals surface area contributed by atoms with E-state index in [9.17, 15) is 9.59 Å². The Kier molecular flexibility index (Phi) is 3.43. The van der Waals surface area contributed by atoms with Gasteiger partial charge in [-0.3, -0.25) is 4.90 Å². The number of fused-ring (bicyclic) bond motifs is 1. The zero-order chi connectivity index (χ0) is 14.0. The summed E-state index contributed by atoms with van der Waals surface area (Å²) in [7, 11) is 0. The fourth-order valence-corrected chi connectivity index (χ4v) is 1.77. The van der Waals surface area contributed by atoms with Crippen molar-refractivity contribution in [1.29, 1.82) is 0 Å². The third kappa shape index (κ3) is 2.38. The number of carboxylic acid groups (broad SMARTS) is 1. The number of carboxylic acids is 1. The molecule has 0 saturated heterocycles. The molecule has 0 bridgehead atoms. The first-order chi connectivity index (χ1) is 9.04. The van der Waals surface area contributed by atoms with Crippen molar-refractivity contribution in [1.82, 2.24) is 0 Å². The summed E-state index contributed by atoms with van der Waals surface area (Å²) in [4.78, 5) is 23.2. The highest BCUT2D eigenvalue weighted by atomic mass is 16.7. The molecular weight excluding hydrogens is 256 g/mol. The molecule has 0 fully saturated rings. The predicted octanol–water partition coefficient (Wildman–Crippen LogP) is -0.254. The Bertz CT molecular complexity index is 518. The first kappa shape index (κ1) is 13.0. The molecule has 4 N–H and O–H groups in total. The van der Waals surface area contributed by atoms with E-state index in [0.29, 0.717) is 11.5 Å². The first-order valence-corrected chi connectivity index (χ1v) is 5.36. The van der Waals surface area contributed by atoms with Crippen LogP contribution in [-0.2, 0) is 4.79 Å². The number of nitrogens with two attached hydrogens (primary N) is 1. The number of primary amides is 1. The lowest BCUT2D eigenvalue weighted by Crippen LogP contribution is -2.50. The zero-order valence-electron chi connectivity index (χ0n) is 9.78. The molecule has 8 nitrogen and oxygen atoms in total. The molecule has 1 heterocycles. The number of anilines is 1. The van der Waals surface area contributed by atoms with E-state index < -0.39 is 24.6 Å². The second-order valence-electron chi connectivity index (χ2n) is 3.78. The zero-order valence-corrected chi connectivity index (χ0v) is 9.78. The van der Waals surface area contributed by atoms with Crippen LogP contribution in [-0.4, -0.2) is 41.7 Å². The van der Waals surface area contributed by atoms with Gasteiger partial charge in [0, 0.05) is 6.07 Å². The maximum Gasteiger partial charge on any atom is 0.329 e. The van der Waals surface area contributed by atoms with E-state index in [1.54, 1.807) is 0 Å². The van der Waals surface area contributed by atoms with Crippen molar-refractivity contribution in [2.24, 2.45) is 5.73 Å². The Balaban J connectivity index is 2.39. The number of ether oxygens (including phenoxy) is 2. The van der Waals surface area contributed by atoms with Crippen LogP contribution < -0.4 is 20.1 Å². The van der Waals surface area contributed by atoms with Crippen LogP contribution in [0.25, 0.3) is 0 Å². The van der Waals surface area contributed by atoms with E-state index in [-0.39, 0.29) is 12.5 Å². The van der Waals surface area contributed by atoms with Crippen molar-refractivity contribution >= 4 is 17.7 Å². The summed E-state index contributed by atoms with van der Waals surface area (Å²) in [5.74, 6) is -0.492. The van der Waals surface area contributed by atoms with Gasteiger partial charge in [-0.05, 0) is 12.1 Å². The molecule has 0 radical (unpaired) electrons. The largest absolute Gasteiger partial charge is 0.480 e. The molecule has 1 aliphatic rings. The van der Waals surface area contributed by atoms with Gasteiger partial charge in [0.15, 0.2) is 17.5 Å². The molecule has 0 unspecified atom stereocenters. The van der Waals surface area contributed by atoms with E-state index in [2.05, 4.69) is 0 Å². The van der Waals surface area contributed by atoms with Crippen LogP contribution in [0.15, 0.2) is 18.2 Å². The molecule has 102 valence electrons. The highest BCUT2D eigenvalue weighted by Crippen LogP contribution is 2.35. The smallest absolute Gasteiger partial charge is 0.329 e. The van der Waals surface area contributed by atoms with Gasteiger partial charge in [-0.25, -0.2) is 9.59 Å². The fraction of sp³-hybridized carbons (Fsp3) is 0.273. The van der Waals surface area contributed by atoms with Gasteiger partial charge < -0.3 is 25.4 Å². The number of urea groups is 1. The molecule has 1 aromatic rings. The minimum Gasteiger partial charge on any atom is -0.480 e. The molecule has 1 aliphatic heterocycles. The SMILES string of the molecule is NC(=O)N(c1ccc2c(c1)OCO2)[C@@H](CO)C(=O)O. The molecule has 0 aromatic heterocycles. The third-order valence-electron chi connectivity index (χ3n) is 2.64. The number of nitrogens with zero attached hydrogens (tertiary/aromatic N) is 1. The molecule has 8 heteroatoms. The maximum atomic E-state index is 11.4. The van der Waals surface area contributed by atoms with Gasteiger partial charge >= 0.3 is 12.0 Å². The molecule has 0 saturated carbocycles. The van der Waals surface area contributed by atoms with E-state index in [1.807, 2.05) is 0 Å². The second-order valence-corrected chi connectivity index (χ2v) is 3.78. The van der Waals surface area contributed by atoms with Gasteiger partial charge in [-0.2, -0.15) is 0 Å². The summed E-state index contributed by atoms with van der Waals surface area (Å²) in [6.07, 6.45) is 0. The Labute approximate surface area is 107 Å². The number of benzene rings is 1. The molecular formula is C11H12N2O6. The number of hydrogen-bond acceptors (Lipinski definition) is 5. The summed E-state index contributed by atoms with van der Waals surface area (Å²) >= 11 is 0. The number of aliphatic carboxylic acids is 1. The summed E-state index contributed by atoms with van der Waals surface area (Å²) in [6.45, 7) is -0.704. The van der Waals surface area contributed by atoms with Crippen molar-refractivity contribution < 1.29 is 29.3 Å². The fourth-order valence-electron chi connectivity index (χ4n) is 1.77. The summed E-state index contributed by atoms with van der Waals surface area (Å²) in [5.41, 5.74) is 5.38. The second kappa shape index (κ2) is 5.02. The van der Waals surface area contributed by atoms with Gasteiger partial charge in [0.05, 0.1) is 12.3 Å². The average molecular weight is 268 g/mol. The lowest BCUT2D eigenvalue weighted by atomic mass is 10.2. The minimum absolute atomic E-state index is 0.0533. The van der Waals surface area contributed by atoms with Crippen LogP contribution >= 0.6 is 0 Å². The van der Waals surface area contributed by atoms with E-state index >= 15 is 0 Å². The topological polar surface area (TPSA) is 122 Å². The van der Waals surface area contributed by atoms with Crippen LogP contribution in [0, 0.1) is 0 Å². The van der Waals surface area contributed by atoms with Crippen molar-refractivity contribution in [3.05, 3.63) is 18.2 Å². The lowest BCUT2D eigenvalue weighted by molar-refractivity contribution is -0.139. The standard InChI is InChI=1S/C11H12N2O6/c12-11(17)13(7(4-14)10(15)16)6-1-2-8-9(3-6)19-5-18-8/h1-3,7,14H,4-5H2,(H2,12,17)(H,15,16)/t7-/m0/s1. The lowest BCUT2D eigenvalue weighted by Gasteiger charge is -2.25. The molecule has 1 atom stereocenters. The van der Waals surface area contributed by atoms with Crippen molar-refractivity contribution in [3.8, 4) is 11.5 Å². The van der Waals surface area contributed by atoms with Crippen molar-refractivity contribution in [3.63, 3.8) is 0 Å². The molecule has 1 aromatic carbocycles. The maximum absolute atomic E-state index is 11.4. The molecule has 0 spiro atoms. The average Bonchev–Trinajstić information content (AvgIpc) is 2.81. The third-order valence-corrected chi connectivity index (χ3v) is 2.64. The van der Waals surface area contributed by atoms with Crippen LogP contribution in [0.4, 0.5) is 10.5 Å². The Hall–Kier alpha value is -2.48.